The fourth-order valence-electron chi connectivity index (χ4n) is 4.56. The van der Waals surface area contributed by atoms with Gasteiger partial charge < -0.3 is 14.2 Å². The minimum absolute atomic E-state index is 0.0875. The van der Waals surface area contributed by atoms with E-state index in [1.807, 2.05) is 30.3 Å². The number of carbonyl (C=O) groups excluding carboxylic acids is 1. The van der Waals surface area contributed by atoms with E-state index < -0.39 is 17.8 Å². The molecule has 0 fully saturated rings. The zero-order chi connectivity index (χ0) is 28.9. The molecule has 4 aromatic rings. The average molecular weight is 569 g/mol. The summed E-state index contributed by atoms with van der Waals surface area (Å²) in [5.41, 5.74) is 2.15. The Balaban J connectivity index is 1.75. The van der Waals surface area contributed by atoms with E-state index in [-0.39, 0.29) is 24.3 Å². The van der Waals surface area contributed by atoms with Crippen molar-refractivity contribution in [2.24, 2.45) is 4.99 Å². The maximum atomic E-state index is 14.0. The van der Waals surface area contributed by atoms with E-state index in [0.717, 1.165) is 0 Å². The Morgan fingerprint density at radius 2 is 1.88 bits per heavy atom. The number of benzene rings is 3. The minimum atomic E-state index is -0.891. The molecule has 1 aromatic heterocycles. The van der Waals surface area contributed by atoms with Crippen LogP contribution in [-0.4, -0.2) is 30.9 Å². The van der Waals surface area contributed by atoms with Crippen LogP contribution in [0.5, 0.6) is 11.5 Å². The first-order valence-corrected chi connectivity index (χ1v) is 13.5. The van der Waals surface area contributed by atoms with Gasteiger partial charge in [-0.05, 0) is 48.4 Å². The second-order valence-electron chi connectivity index (χ2n) is 8.89. The Hall–Kier alpha value is -4.94. The van der Waals surface area contributed by atoms with E-state index >= 15 is 0 Å². The SMILES string of the molecule is C#CCOc1ccc(/C=c2\sc3n(c2=O)C(c2ccc(F)cc2)C(C(=O)OCC)=C(c2ccccc2)N=3)cc1OC. The molecule has 9 heteroatoms. The first kappa shape index (κ1) is 27.6. The highest BCUT2D eigenvalue weighted by Crippen LogP contribution is 2.35. The summed E-state index contributed by atoms with van der Waals surface area (Å²) in [5.74, 6) is 2.31. The third-order valence-electron chi connectivity index (χ3n) is 6.36. The second-order valence-corrected chi connectivity index (χ2v) is 9.90. The number of fused-ring (bicyclic) bond motifs is 1. The normalized spacial score (nSPS) is 14.6. The van der Waals surface area contributed by atoms with Gasteiger partial charge in [0.2, 0.25) is 0 Å². The average Bonchev–Trinajstić information content (AvgIpc) is 3.30. The van der Waals surface area contributed by atoms with Crippen LogP contribution in [0.4, 0.5) is 4.39 Å². The van der Waals surface area contributed by atoms with Gasteiger partial charge in [-0.25, -0.2) is 14.2 Å². The molecule has 1 aliphatic rings. The summed E-state index contributed by atoms with van der Waals surface area (Å²) in [6, 6.07) is 19.3. The van der Waals surface area contributed by atoms with Crippen LogP contribution in [0.2, 0.25) is 0 Å². The number of aromatic nitrogens is 1. The standard InChI is InChI=1S/C32H25FN2O5S/c1-4-17-40-24-16-11-20(18-25(24)38-3)19-26-30(36)35-29(22-12-14-23(33)15-13-22)27(31(37)39-5-2)28(34-32(35)41-26)21-9-7-6-8-10-21/h1,6-16,18-19,29H,5,17H2,2-3H3/b26-19-. The number of thiazole rings is 1. The monoisotopic (exact) mass is 568 g/mol. The van der Waals surface area contributed by atoms with Crippen LogP contribution in [0.3, 0.4) is 0 Å². The lowest BCUT2D eigenvalue weighted by Gasteiger charge is -2.25. The number of hydrogen-bond acceptors (Lipinski definition) is 7. The van der Waals surface area contributed by atoms with Crippen LogP contribution in [-0.2, 0) is 9.53 Å². The van der Waals surface area contributed by atoms with Crippen molar-refractivity contribution in [2.45, 2.75) is 13.0 Å². The summed E-state index contributed by atoms with van der Waals surface area (Å²) in [4.78, 5) is 32.6. The zero-order valence-corrected chi connectivity index (χ0v) is 23.1. The smallest absolute Gasteiger partial charge is 0.338 e. The van der Waals surface area contributed by atoms with E-state index in [9.17, 15) is 14.0 Å². The summed E-state index contributed by atoms with van der Waals surface area (Å²) < 4.78 is 32.2. The van der Waals surface area contributed by atoms with E-state index in [0.29, 0.717) is 43.2 Å². The summed E-state index contributed by atoms with van der Waals surface area (Å²) in [6.07, 6.45) is 7.02. The molecule has 206 valence electrons. The Labute approximate surface area is 239 Å². The van der Waals surface area contributed by atoms with Crippen molar-refractivity contribution in [3.8, 4) is 23.8 Å². The molecular formula is C32H25FN2O5S. The number of methoxy groups -OCH3 is 1. The highest BCUT2D eigenvalue weighted by Gasteiger charge is 2.35. The summed E-state index contributed by atoms with van der Waals surface area (Å²) >= 11 is 1.18. The molecule has 5 rings (SSSR count). The van der Waals surface area contributed by atoms with E-state index in [4.69, 9.17) is 25.6 Å². The molecule has 0 bridgehead atoms. The molecule has 0 radical (unpaired) electrons. The molecule has 1 atom stereocenters. The molecule has 2 heterocycles. The Morgan fingerprint density at radius 3 is 2.56 bits per heavy atom. The van der Waals surface area contributed by atoms with E-state index in [1.54, 1.807) is 43.3 Å². The third kappa shape index (κ3) is 5.55. The Morgan fingerprint density at radius 1 is 1.12 bits per heavy atom. The highest BCUT2D eigenvalue weighted by atomic mass is 32.1. The van der Waals surface area contributed by atoms with Crippen molar-refractivity contribution in [3.05, 3.63) is 121 Å². The van der Waals surface area contributed by atoms with Gasteiger partial charge in [-0.15, -0.1) is 6.42 Å². The predicted octanol–water partition coefficient (Wildman–Crippen LogP) is 4.10. The lowest BCUT2D eigenvalue weighted by atomic mass is 9.93. The maximum Gasteiger partial charge on any atom is 0.338 e. The number of esters is 1. The van der Waals surface area contributed by atoms with Gasteiger partial charge in [0.15, 0.2) is 16.3 Å². The van der Waals surface area contributed by atoms with Crippen LogP contribution in [0.25, 0.3) is 11.8 Å². The largest absolute Gasteiger partial charge is 0.493 e. The van der Waals surface area contributed by atoms with E-state index in [1.165, 1.54) is 35.1 Å². The zero-order valence-electron chi connectivity index (χ0n) is 22.3. The van der Waals surface area contributed by atoms with Crippen LogP contribution in [0.1, 0.15) is 29.7 Å². The molecule has 1 unspecified atom stereocenters. The van der Waals surface area contributed by atoms with Crippen molar-refractivity contribution in [2.75, 3.05) is 20.3 Å². The minimum Gasteiger partial charge on any atom is -0.493 e. The summed E-state index contributed by atoms with van der Waals surface area (Å²) in [6.45, 7) is 1.93. The van der Waals surface area contributed by atoms with E-state index in [2.05, 4.69) is 5.92 Å². The maximum absolute atomic E-state index is 14.0. The van der Waals surface area contributed by atoms with Gasteiger partial charge >= 0.3 is 5.97 Å². The van der Waals surface area contributed by atoms with Crippen molar-refractivity contribution in [1.29, 1.82) is 0 Å². The van der Waals surface area contributed by atoms with Gasteiger partial charge in [0.1, 0.15) is 12.4 Å². The van der Waals surface area contributed by atoms with Crippen LogP contribution in [0, 0.1) is 18.2 Å². The number of carbonyl (C=O) groups is 1. The van der Waals surface area contributed by atoms with Gasteiger partial charge in [-0.1, -0.05) is 65.8 Å². The molecular weight excluding hydrogens is 543 g/mol. The predicted molar refractivity (Wildman–Crippen MR) is 155 cm³/mol. The molecule has 0 saturated heterocycles. The number of nitrogens with zero attached hydrogens (tertiary/aromatic N) is 2. The number of rotatable bonds is 8. The topological polar surface area (TPSA) is 79.1 Å². The Bertz CT molecular complexity index is 1850. The van der Waals surface area contributed by atoms with Crippen molar-refractivity contribution in [3.63, 3.8) is 0 Å². The Kier molecular flexibility index (Phi) is 8.13. The van der Waals surface area contributed by atoms with Crippen molar-refractivity contribution >= 4 is 29.1 Å². The number of hydrogen-bond donors (Lipinski definition) is 0. The van der Waals surface area contributed by atoms with Crippen molar-refractivity contribution in [1.82, 2.24) is 4.57 Å². The molecule has 0 aliphatic carbocycles. The van der Waals surface area contributed by atoms with Gasteiger partial charge in [0.25, 0.3) is 5.56 Å². The molecule has 0 saturated carbocycles. The molecule has 0 spiro atoms. The molecule has 7 nitrogen and oxygen atoms in total. The molecule has 3 aromatic carbocycles. The molecule has 0 amide bonds. The molecule has 0 N–H and O–H groups in total. The molecule has 1 aliphatic heterocycles. The first-order valence-electron chi connectivity index (χ1n) is 12.7. The first-order chi connectivity index (χ1) is 19.9. The summed E-state index contributed by atoms with van der Waals surface area (Å²) in [7, 11) is 1.51. The lowest BCUT2D eigenvalue weighted by molar-refractivity contribution is -0.138. The summed E-state index contributed by atoms with van der Waals surface area (Å²) in [5, 5.41) is 0. The number of halogens is 1. The van der Waals surface area contributed by atoms with Gasteiger partial charge in [-0.3, -0.25) is 9.36 Å². The van der Waals surface area contributed by atoms with Crippen LogP contribution in [0.15, 0.2) is 88.2 Å². The van der Waals surface area contributed by atoms with Crippen LogP contribution < -0.4 is 24.4 Å². The lowest BCUT2D eigenvalue weighted by Crippen LogP contribution is -2.40. The number of terminal acetylenes is 1. The molecule has 41 heavy (non-hydrogen) atoms. The fraction of sp³-hybridized carbons (Fsp3) is 0.156. The van der Waals surface area contributed by atoms with Crippen LogP contribution >= 0.6 is 11.3 Å². The van der Waals surface area contributed by atoms with Gasteiger partial charge in [-0.2, -0.15) is 0 Å². The fourth-order valence-corrected chi connectivity index (χ4v) is 5.57. The quantitative estimate of drug-likeness (QED) is 0.236. The third-order valence-corrected chi connectivity index (χ3v) is 7.34. The van der Waals surface area contributed by atoms with Crippen molar-refractivity contribution < 1.29 is 23.4 Å². The van der Waals surface area contributed by atoms with Gasteiger partial charge in [0.05, 0.1) is 35.6 Å². The second kappa shape index (κ2) is 12.1. The highest BCUT2D eigenvalue weighted by molar-refractivity contribution is 7.07. The van der Waals surface area contributed by atoms with Gasteiger partial charge in [0, 0.05) is 5.56 Å². The number of ether oxygens (including phenoxy) is 3.